The van der Waals surface area contributed by atoms with Gasteiger partial charge < -0.3 is 0 Å². The summed E-state index contributed by atoms with van der Waals surface area (Å²) in [6.07, 6.45) is -4.33. The van der Waals surface area contributed by atoms with Crippen molar-refractivity contribution in [3.63, 3.8) is 0 Å². The van der Waals surface area contributed by atoms with Gasteiger partial charge in [-0.15, -0.1) is 12.6 Å². The van der Waals surface area contributed by atoms with Crippen LogP contribution in [0.5, 0.6) is 0 Å². The Morgan fingerprint density at radius 1 is 1.43 bits per heavy atom. The molecule has 0 fully saturated rings. The molecule has 0 saturated carbocycles. The summed E-state index contributed by atoms with van der Waals surface area (Å²) in [5, 5.41) is 0. The van der Waals surface area contributed by atoms with E-state index in [4.69, 9.17) is 0 Å². The Morgan fingerprint density at radius 3 is 1.57 bits per heavy atom. The normalized spacial score (nSPS) is 11.4. The number of hydrogen-bond donors (Lipinski definition) is 1. The van der Waals surface area contributed by atoms with Crippen molar-refractivity contribution in [1.82, 2.24) is 0 Å². The quantitative estimate of drug-likeness (QED) is 0.474. The topological polar surface area (TPSA) is 0 Å². The lowest BCUT2D eigenvalue weighted by molar-refractivity contribution is -0.0830. The number of allylic oxidation sites excluding steroid dienone is 1. The van der Waals surface area contributed by atoms with Crippen LogP contribution in [0.3, 0.4) is 0 Å². The molecule has 7 heavy (non-hydrogen) atoms. The Balaban J connectivity index is 3.79. The fourth-order valence-electron chi connectivity index (χ4n) is 0. The molecule has 0 atom stereocenters. The summed E-state index contributed by atoms with van der Waals surface area (Å²) < 4.78 is 33.0. The lowest BCUT2D eigenvalue weighted by Crippen LogP contribution is -2.04. The molecule has 0 aromatic heterocycles. The highest BCUT2D eigenvalue weighted by molar-refractivity contribution is 7.84. The molecule has 0 heterocycles. The summed E-state index contributed by atoms with van der Waals surface area (Å²) in [6, 6.07) is 0. The van der Waals surface area contributed by atoms with E-state index >= 15 is 0 Å². The van der Waals surface area contributed by atoms with Gasteiger partial charge in [-0.2, -0.15) is 13.2 Å². The highest BCUT2D eigenvalue weighted by Gasteiger charge is 2.28. The minimum atomic E-state index is -4.33. The first-order valence-corrected chi connectivity index (χ1v) is 1.84. The van der Waals surface area contributed by atoms with Crippen molar-refractivity contribution in [2.75, 3.05) is 0 Å². The van der Waals surface area contributed by atoms with Gasteiger partial charge in [-0.1, -0.05) is 6.58 Å². The molecule has 0 unspecified atom stereocenters. The standard InChI is InChI=1S/C3H3F3S/c1-2(7)3(4,5)6/h7H,1H2. The number of alkyl halides is 3. The average molecular weight is 128 g/mol. The third-order valence-electron chi connectivity index (χ3n) is 0.327. The van der Waals surface area contributed by atoms with E-state index in [9.17, 15) is 13.2 Å². The molecule has 0 aromatic carbocycles. The van der Waals surface area contributed by atoms with E-state index in [-0.39, 0.29) is 0 Å². The molecular weight excluding hydrogens is 125 g/mol. The van der Waals surface area contributed by atoms with Crippen molar-refractivity contribution in [3.8, 4) is 0 Å². The molecule has 0 bridgehead atoms. The Bertz CT molecular complexity index is 82.7. The molecule has 0 aliphatic carbocycles. The van der Waals surface area contributed by atoms with E-state index in [0.29, 0.717) is 0 Å². The van der Waals surface area contributed by atoms with Crippen LogP contribution in [0.15, 0.2) is 11.5 Å². The molecule has 0 saturated heterocycles. The van der Waals surface area contributed by atoms with Crippen LogP contribution < -0.4 is 0 Å². The average Bonchev–Trinajstić information content (AvgIpc) is 1.31. The Hall–Kier alpha value is -0.120. The van der Waals surface area contributed by atoms with Crippen molar-refractivity contribution in [3.05, 3.63) is 11.5 Å². The summed E-state index contributed by atoms with van der Waals surface area (Å²) >= 11 is 2.96. The molecule has 4 heteroatoms. The molecule has 0 aliphatic rings. The van der Waals surface area contributed by atoms with Gasteiger partial charge in [0.05, 0.1) is 4.91 Å². The fraction of sp³-hybridized carbons (Fsp3) is 0.333. The largest absolute Gasteiger partial charge is 0.421 e. The monoisotopic (exact) mass is 128 g/mol. The van der Waals surface area contributed by atoms with Gasteiger partial charge in [0.25, 0.3) is 0 Å². The van der Waals surface area contributed by atoms with Crippen molar-refractivity contribution >= 4 is 12.6 Å². The van der Waals surface area contributed by atoms with Crippen LogP contribution in [-0.4, -0.2) is 6.18 Å². The number of halogens is 3. The van der Waals surface area contributed by atoms with Crippen LogP contribution >= 0.6 is 12.6 Å². The highest BCUT2D eigenvalue weighted by atomic mass is 32.1. The maximum Gasteiger partial charge on any atom is 0.421 e. The zero-order valence-electron chi connectivity index (χ0n) is 3.29. The molecule has 0 nitrogen and oxygen atoms in total. The molecule has 42 valence electrons. The van der Waals surface area contributed by atoms with Gasteiger partial charge in [0.15, 0.2) is 0 Å². The summed E-state index contributed by atoms with van der Waals surface area (Å²) in [6.45, 7) is 2.57. The minimum Gasteiger partial charge on any atom is -0.166 e. The van der Waals surface area contributed by atoms with Crippen LogP contribution in [0.1, 0.15) is 0 Å². The molecule has 0 rings (SSSR count). The number of hydrogen-bond acceptors (Lipinski definition) is 1. The molecule has 0 aromatic rings. The van der Waals surface area contributed by atoms with E-state index in [1.165, 1.54) is 0 Å². The van der Waals surface area contributed by atoms with Crippen molar-refractivity contribution in [2.45, 2.75) is 6.18 Å². The maximum absolute atomic E-state index is 11.0. The summed E-state index contributed by atoms with van der Waals surface area (Å²) in [5.41, 5.74) is 0. The van der Waals surface area contributed by atoms with Gasteiger partial charge in [0.2, 0.25) is 0 Å². The molecule has 0 N–H and O–H groups in total. The van der Waals surface area contributed by atoms with E-state index in [1.807, 2.05) is 0 Å². The zero-order chi connectivity index (χ0) is 6.08. The highest BCUT2D eigenvalue weighted by Crippen LogP contribution is 2.25. The van der Waals surface area contributed by atoms with Gasteiger partial charge in [-0.25, -0.2) is 0 Å². The van der Waals surface area contributed by atoms with Gasteiger partial charge in [0, 0.05) is 0 Å². The Kier molecular flexibility index (Phi) is 1.75. The second-order valence-electron chi connectivity index (χ2n) is 0.944. The van der Waals surface area contributed by atoms with Gasteiger partial charge in [-0.05, 0) is 0 Å². The van der Waals surface area contributed by atoms with Crippen LogP contribution in [0.25, 0.3) is 0 Å². The second-order valence-corrected chi connectivity index (χ2v) is 1.48. The van der Waals surface area contributed by atoms with E-state index in [1.54, 1.807) is 0 Å². The summed E-state index contributed by atoms with van der Waals surface area (Å²) in [7, 11) is 0. The van der Waals surface area contributed by atoms with Crippen molar-refractivity contribution in [2.24, 2.45) is 0 Å². The lowest BCUT2D eigenvalue weighted by Gasteiger charge is -2.00. The third-order valence-corrected chi connectivity index (χ3v) is 0.581. The molecule has 0 amide bonds. The third kappa shape index (κ3) is 2.56. The smallest absolute Gasteiger partial charge is 0.166 e. The SMILES string of the molecule is C=C(S)C(F)(F)F. The Labute approximate surface area is 44.4 Å². The second kappa shape index (κ2) is 1.78. The predicted octanol–water partition coefficient (Wildman–Crippen LogP) is 1.99. The van der Waals surface area contributed by atoms with Crippen molar-refractivity contribution < 1.29 is 13.2 Å². The minimum absolute atomic E-state index is 1.06. The van der Waals surface area contributed by atoms with Crippen LogP contribution in [0.2, 0.25) is 0 Å². The maximum atomic E-state index is 11.0. The summed E-state index contributed by atoms with van der Waals surface area (Å²) in [5.74, 6) is 0. The zero-order valence-corrected chi connectivity index (χ0v) is 4.18. The van der Waals surface area contributed by atoms with E-state index in [0.717, 1.165) is 0 Å². The molecule has 0 radical (unpaired) electrons. The molecule has 0 spiro atoms. The van der Waals surface area contributed by atoms with Crippen LogP contribution in [0.4, 0.5) is 13.2 Å². The molecule has 0 aliphatic heterocycles. The Morgan fingerprint density at radius 2 is 1.57 bits per heavy atom. The lowest BCUT2D eigenvalue weighted by atomic mass is 10.6. The van der Waals surface area contributed by atoms with Crippen molar-refractivity contribution in [1.29, 1.82) is 0 Å². The van der Waals surface area contributed by atoms with Gasteiger partial charge in [0.1, 0.15) is 0 Å². The number of thiol groups is 1. The molecular formula is C3H3F3S. The van der Waals surface area contributed by atoms with Crippen LogP contribution in [-0.2, 0) is 0 Å². The predicted molar refractivity (Wildman–Crippen MR) is 24.2 cm³/mol. The first-order chi connectivity index (χ1) is 2.94. The van der Waals surface area contributed by atoms with E-state index in [2.05, 4.69) is 19.2 Å². The van der Waals surface area contributed by atoms with Gasteiger partial charge >= 0.3 is 6.18 Å². The first-order valence-electron chi connectivity index (χ1n) is 1.39. The van der Waals surface area contributed by atoms with E-state index < -0.39 is 11.1 Å². The van der Waals surface area contributed by atoms with Gasteiger partial charge in [-0.3, -0.25) is 0 Å². The fourth-order valence-corrected chi connectivity index (χ4v) is 0. The van der Waals surface area contributed by atoms with Crippen LogP contribution in [0, 0.1) is 0 Å². The number of rotatable bonds is 0. The summed E-state index contributed by atoms with van der Waals surface area (Å²) in [4.78, 5) is -1.06. The first kappa shape index (κ1) is 6.88.